The summed E-state index contributed by atoms with van der Waals surface area (Å²) >= 11 is 7.92. The molecule has 0 atom stereocenters. The zero-order valence-corrected chi connectivity index (χ0v) is 9.98. The summed E-state index contributed by atoms with van der Waals surface area (Å²) in [6, 6.07) is 12.0. The molecule has 1 N–H and O–H groups in total. The molecule has 3 aromatic rings. The van der Waals surface area contributed by atoms with Crippen molar-refractivity contribution in [1.82, 2.24) is 0 Å². The van der Waals surface area contributed by atoms with Gasteiger partial charge in [-0.25, -0.2) is 0 Å². The van der Waals surface area contributed by atoms with Crippen molar-refractivity contribution in [2.24, 2.45) is 0 Å². The second-order valence-corrected chi connectivity index (χ2v) is 5.19. The molecule has 1 heterocycles. The zero-order chi connectivity index (χ0) is 11.1. The van der Waals surface area contributed by atoms with E-state index >= 15 is 0 Å². The van der Waals surface area contributed by atoms with Gasteiger partial charge in [0.25, 0.3) is 0 Å². The van der Waals surface area contributed by atoms with Crippen LogP contribution in [0.5, 0.6) is 0 Å². The lowest BCUT2D eigenvalue weighted by molar-refractivity contribution is 0.615. The lowest BCUT2D eigenvalue weighted by Gasteiger charge is -1.96. The fourth-order valence-electron chi connectivity index (χ4n) is 1.93. The van der Waals surface area contributed by atoms with Crippen LogP contribution in [0.3, 0.4) is 0 Å². The largest absolute Gasteiger partial charge is 0.449 e. The van der Waals surface area contributed by atoms with E-state index in [1.807, 2.05) is 30.3 Å². The predicted molar refractivity (Wildman–Crippen MR) is 73.3 cm³/mol. The molecule has 1 nitrogen and oxygen atoms in total. The molecule has 0 bridgehead atoms. The van der Waals surface area contributed by atoms with E-state index in [1.54, 1.807) is 11.3 Å². The van der Waals surface area contributed by atoms with Crippen molar-refractivity contribution in [3.63, 3.8) is 0 Å². The van der Waals surface area contributed by atoms with Gasteiger partial charge in [0.1, 0.15) is 0 Å². The normalized spacial score (nSPS) is 11.1. The Balaban J connectivity index is 2.47. The number of thiophene rings is 1. The second-order valence-electron chi connectivity index (χ2n) is 3.70. The highest BCUT2D eigenvalue weighted by molar-refractivity contribution is 7.26. The minimum Gasteiger partial charge on any atom is -0.449 e. The topological polar surface area (TPSA) is 20.2 Å². The van der Waals surface area contributed by atoms with Crippen molar-refractivity contribution in [3.8, 4) is 0 Å². The monoisotopic (exact) mass is 246 g/mol. The third kappa shape index (κ3) is 1.44. The first-order valence-corrected chi connectivity index (χ1v) is 6.19. The van der Waals surface area contributed by atoms with Crippen LogP contribution in [-0.2, 0) is 0 Å². The van der Waals surface area contributed by atoms with Crippen molar-refractivity contribution in [3.05, 3.63) is 41.4 Å². The third-order valence-corrected chi connectivity index (χ3v) is 4.13. The van der Waals surface area contributed by atoms with Crippen molar-refractivity contribution in [2.45, 2.75) is 0 Å². The van der Waals surface area contributed by atoms with E-state index in [0.717, 1.165) is 15.9 Å². The number of fused-ring (bicyclic) bond motifs is 3. The summed E-state index contributed by atoms with van der Waals surface area (Å²) in [5, 5.41) is 12.2. The minimum atomic E-state index is 0.0813. The highest BCUT2D eigenvalue weighted by Crippen LogP contribution is 2.37. The average Bonchev–Trinajstić information content (AvgIpc) is 2.67. The van der Waals surface area contributed by atoms with Gasteiger partial charge in [-0.15, -0.1) is 11.3 Å². The lowest BCUT2D eigenvalue weighted by Crippen LogP contribution is -2.11. The van der Waals surface area contributed by atoms with Crippen LogP contribution in [-0.4, -0.2) is 12.5 Å². The molecule has 2 aromatic carbocycles. The van der Waals surface area contributed by atoms with E-state index in [0.29, 0.717) is 0 Å². The maximum atomic E-state index is 9.11. The van der Waals surface area contributed by atoms with Crippen molar-refractivity contribution < 1.29 is 5.02 Å². The SMILES string of the molecule is OBc1ccc2c(c1)sc1cccc(Cl)c12. The maximum Gasteiger partial charge on any atom is 0.304 e. The number of benzene rings is 2. The predicted octanol–water partition coefficient (Wildman–Crippen LogP) is 2.68. The fourth-order valence-corrected chi connectivity index (χ4v) is 3.45. The van der Waals surface area contributed by atoms with Gasteiger partial charge in [-0.1, -0.05) is 35.3 Å². The first-order chi connectivity index (χ1) is 7.79. The van der Waals surface area contributed by atoms with Gasteiger partial charge in [0, 0.05) is 25.2 Å². The van der Waals surface area contributed by atoms with Gasteiger partial charge in [-0.3, -0.25) is 0 Å². The molecule has 4 heteroatoms. The van der Waals surface area contributed by atoms with Crippen LogP contribution < -0.4 is 5.46 Å². The first-order valence-electron chi connectivity index (χ1n) is 5.00. The molecule has 0 aliphatic carbocycles. The van der Waals surface area contributed by atoms with E-state index in [9.17, 15) is 0 Å². The Labute approximate surface area is 103 Å². The fraction of sp³-hybridized carbons (Fsp3) is 0. The Morgan fingerprint density at radius 3 is 2.81 bits per heavy atom. The summed E-state index contributed by atoms with van der Waals surface area (Å²) in [6.07, 6.45) is 0. The molecule has 0 unspecified atom stereocenters. The summed E-state index contributed by atoms with van der Waals surface area (Å²) in [5.74, 6) is 0. The van der Waals surface area contributed by atoms with Gasteiger partial charge in [-0.2, -0.15) is 0 Å². The van der Waals surface area contributed by atoms with Gasteiger partial charge in [0.05, 0.1) is 0 Å². The third-order valence-electron chi connectivity index (χ3n) is 2.69. The molecule has 0 aliphatic heterocycles. The quantitative estimate of drug-likeness (QED) is 0.655. The molecule has 0 saturated heterocycles. The maximum absolute atomic E-state index is 9.11. The van der Waals surface area contributed by atoms with E-state index in [2.05, 4.69) is 6.07 Å². The molecule has 0 saturated carbocycles. The highest BCUT2D eigenvalue weighted by Gasteiger charge is 2.08. The summed E-state index contributed by atoms with van der Waals surface area (Å²) in [6.45, 7) is 0. The van der Waals surface area contributed by atoms with E-state index in [4.69, 9.17) is 16.6 Å². The number of hydrogen-bond donors (Lipinski definition) is 1. The van der Waals surface area contributed by atoms with Gasteiger partial charge >= 0.3 is 7.48 Å². The molecule has 0 aliphatic rings. The van der Waals surface area contributed by atoms with Crippen LogP contribution in [0, 0.1) is 0 Å². The van der Waals surface area contributed by atoms with Crippen LogP contribution in [0.15, 0.2) is 36.4 Å². The van der Waals surface area contributed by atoms with E-state index < -0.39 is 0 Å². The molecule has 0 radical (unpaired) electrons. The first kappa shape index (κ1) is 10.1. The summed E-state index contributed by atoms with van der Waals surface area (Å²) < 4.78 is 2.37. The molecule has 3 rings (SSSR count). The molecular formula is C12H8BClOS. The van der Waals surface area contributed by atoms with Gasteiger partial charge in [0.2, 0.25) is 0 Å². The minimum absolute atomic E-state index is 0.0813. The number of hydrogen-bond acceptors (Lipinski definition) is 2. The standard InChI is InChI=1S/C12H8BClOS/c14-9-2-1-3-10-12(9)8-5-4-7(13-15)6-11(8)16-10/h1-6,13,15H. The number of rotatable bonds is 1. The Hall–Kier alpha value is -1.03. The number of halogens is 1. The summed E-state index contributed by atoms with van der Waals surface area (Å²) in [5.41, 5.74) is 0.940. The van der Waals surface area contributed by atoms with E-state index in [1.165, 1.54) is 14.8 Å². The van der Waals surface area contributed by atoms with Crippen molar-refractivity contribution in [2.75, 3.05) is 0 Å². The molecule has 0 spiro atoms. The van der Waals surface area contributed by atoms with Crippen molar-refractivity contribution >= 4 is 56.1 Å². The van der Waals surface area contributed by atoms with Crippen molar-refractivity contribution in [1.29, 1.82) is 0 Å². The molecule has 78 valence electrons. The Kier molecular flexibility index (Phi) is 2.39. The van der Waals surface area contributed by atoms with Crippen LogP contribution in [0.2, 0.25) is 5.02 Å². The lowest BCUT2D eigenvalue weighted by atomic mass is 9.88. The second kappa shape index (κ2) is 3.77. The van der Waals surface area contributed by atoms with Crippen LogP contribution in [0.4, 0.5) is 0 Å². The smallest absolute Gasteiger partial charge is 0.304 e. The highest BCUT2D eigenvalue weighted by atomic mass is 35.5. The van der Waals surface area contributed by atoms with Gasteiger partial charge < -0.3 is 5.02 Å². The summed E-state index contributed by atoms with van der Waals surface area (Å²) in [7, 11) is 0.0813. The van der Waals surface area contributed by atoms with Crippen LogP contribution in [0.1, 0.15) is 0 Å². The van der Waals surface area contributed by atoms with Crippen LogP contribution >= 0.6 is 22.9 Å². The molecule has 1 aromatic heterocycles. The molecule has 16 heavy (non-hydrogen) atoms. The average molecular weight is 247 g/mol. The molecule has 0 amide bonds. The Bertz CT molecular complexity index is 677. The van der Waals surface area contributed by atoms with Gasteiger partial charge in [0.15, 0.2) is 0 Å². The Morgan fingerprint density at radius 1 is 1.12 bits per heavy atom. The Morgan fingerprint density at radius 2 is 2.00 bits per heavy atom. The van der Waals surface area contributed by atoms with Gasteiger partial charge in [-0.05, 0) is 18.2 Å². The summed E-state index contributed by atoms with van der Waals surface area (Å²) in [4.78, 5) is 0. The van der Waals surface area contributed by atoms with E-state index in [-0.39, 0.29) is 7.48 Å². The molecular weight excluding hydrogens is 238 g/mol. The molecule has 0 fully saturated rings. The van der Waals surface area contributed by atoms with Crippen LogP contribution in [0.25, 0.3) is 20.2 Å². The zero-order valence-electron chi connectivity index (χ0n) is 8.40.